The Kier molecular flexibility index (Phi) is 6.31. The summed E-state index contributed by atoms with van der Waals surface area (Å²) < 4.78 is 5.47. The number of phenolic OH excluding ortho intramolecular Hbond substituents is 1. The number of amides is 1. The fraction of sp³-hybridized carbons (Fsp3) is 0.154. The highest BCUT2D eigenvalue weighted by molar-refractivity contribution is 5.92. The highest BCUT2D eigenvalue weighted by Crippen LogP contribution is 2.44. The lowest BCUT2D eigenvalue weighted by Crippen LogP contribution is -2.26. The minimum atomic E-state index is -1.29. The van der Waals surface area contributed by atoms with E-state index in [-0.39, 0.29) is 29.4 Å². The maximum absolute atomic E-state index is 12.2. The number of alkyl carbamates (subject to hydrolysis) is 1. The van der Waals surface area contributed by atoms with E-state index in [0.717, 1.165) is 28.3 Å². The first-order valence-electron chi connectivity index (χ1n) is 10.5. The number of hydrogen-bond donors (Lipinski definition) is 4. The van der Waals surface area contributed by atoms with Crippen LogP contribution in [0, 0.1) is 0 Å². The van der Waals surface area contributed by atoms with Gasteiger partial charge in [0.25, 0.3) is 0 Å². The van der Waals surface area contributed by atoms with Crippen LogP contribution in [0.3, 0.4) is 0 Å². The molecule has 0 bridgehead atoms. The zero-order valence-electron chi connectivity index (χ0n) is 17.7. The fourth-order valence-corrected chi connectivity index (χ4v) is 4.02. The molecule has 0 saturated heterocycles. The molecule has 0 atom stereocenters. The van der Waals surface area contributed by atoms with Gasteiger partial charge in [-0.25, -0.2) is 9.59 Å². The number of benzene rings is 3. The van der Waals surface area contributed by atoms with E-state index < -0.39 is 17.8 Å². The highest BCUT2D eigenvalue weighted by Gasteiger charge is 2.28. The summed E-state index contributed by atoms with van der Waals surface area (Å²) in [5.74, 6) is -2.05. The van der Waals surface area contributed by atoms with Crippen LogP contribution in [0.25, 0.3) is 17.2 Å². The molecule has 3 aromatic rings. The average molecular weight is 445 g/mol. The third-order valence-corrected chi connectivity index (χ3v) is 5.60. The maximum Gasteiger partial charge on any atom is 0.407 e. The number of ether oxygens (including phenoxy) is 1. The molecule has 4 rings (SSSR count). The van der Waals surface area contributed by atoms with Gasteiger partial charge in [-0.1, -0.05) is 60.7 Å². The van der Waals surface area contributed by atoms with Gasteiger partial charge >= 0.3 is 12.1 Å². The molecule has 0 fully saturated rings. The molecule has 0 saturated carbocycles. The maximum atomic E-state index is 12.2. The summed E-state index contributed by atoms with van der Waals surface area (Å²) in [4.78, 5) is 23.3. The standard InChI is InChI=1S/C26H23NO6/c28-23-14-24(29)21(25(30)31)13-16(23)7-5-6-12-27-26(32)33-15-22-19-10-3-1-8-17(19)18-9-2-4-11-20(18)22/h1-5,7-11,13-14,22,28-29H,6,12,15H2,(H,27,32)(H,30,31). The molecule has 0 unspecified atom stereocenters. The predicted octanol–water partition coefficient (Wildman–Crippen LogP) is 4.74. The van der Waals surface area contributed by atoms with Crippen LogP contribution in [0.5, 0.6) is 11.5 Å². The Balaban J connectivity index is 1.29. The Morgan fingerprint density at radius 2 is 1.58 bits per heavy atom. The van der Waals surface area contributed by atoms with Gasteiger partial charge in [0, 0.05) is 24.1 Å². The summed E-state index contributed by atoms with van der Waals surface area (Å²) in [5.41, 5.74) is 4.56. The topological polar surface area (TPSA) is 116 Å². The van der Waals surface area contributed by atoms with E-state index >= 15 is 0 Å². The minimum absolute atomic E-state index is 0.0102. The Morgan fingerprint density at radius 3 is 2.21 bits per heavy atom. The molecular weight excluding hydrogens is 422 g/mol. The molecule has 4 N–H and O–H groups in total. The van der Waals surface area contributed by atoms with Crippen molar-refractivity contribution in [1.29, 1.82) is 0 Å². The lowest BCUT2D eigenvalue weighted by Gasteiger charge is -2.14. The van der Waals surface area contributed by atoms with Crippen molar-refractivity contribution in [2.75, 3.05) is 13.2 Å². The zero-order valence-corrected chi connectivity index (χ0v) is 17.7. The first-order chi connectivity index (χ1) is 16.0. The van der Waals surface area contributed by atoms with Crippen molar-refractivity contribution in [1.82, 2.24) is 5.32 Å². The van der Waals surface area contributed by atoms with E-state index in [1.165, 1.54) is 12.1 Å². The van der Waals surface area contributed by atoms with Gasteiger partial charge in [0.15, 0.2) is 0 Å². The van der Waals surface area contributed by atoms with E-state index in [1.807, 2.05) is 24.3 Å². The van der Waals surface area contributed by atoms with Gasteiger partial charge in [-0.2, -0.15) is 0 Å². The second kappa shape index (κ2) is 9.48. The Hall–Kier alpha value is -4.26. The van der Waals surface area contributed by atoms with Crippen molar-refractivity contribution >= 4 is 18.1 Å². The highest BCUT2D eigenvalue weighted by atomic mass is 16.5. The summed E-state index contributed by atoms with van der Waals surface area (Å²) in [7, 11) is 0. The summed E-state index contributed by atoms with van der Waals surface area (Å²) >= 11 is 0. The molecule has 1 aliphatic carbocycles. The number of nitrogens with one attached hydrogen (secondary N) is 1. The van der Waals surface area contributed by atoms with Gasteiger partial charge in [-0.05, 0) is 34.7 Å². The Morgan fingerprint density at radius 1 is 0.939 bits per heavy atom. The minimum Gasteiger partial charge on any atom is -0.507 e. The molecule has 0 aliphatic heterocycles. The van der Waals surface area contributed by atoms with Crippen LogP contribution in [-0.4, -0.2) is 40.5 Å². The number of hydrogen-bond acceptors (Lipinski definition) is 5. The third kappa shape index (κ3) is 4.67. The predicted molar refractivity (Wildman–Crippen MR) is 123 cm³/mol. The SMILES string of the molecule is O=C(NCCC=Cc1cc(C(=O)O)c(O)cc1O)OCC1c2ccccc2-c2ccccc21. The van der Waals surface area contributed by atoms with Crippen LogP contribution in [0.2, 0.25) is 0 Å². The number of rotatable bonds is 7. The number of carboxylic acids is 1. The smallest absolute Gasteiger partial charge is 0.407 e. The monoisotopic (exact) mass is 445 g/mol. The first kappa shape index (κ1) is 22.0. The van der Waals surface area contributed by atoms with E-state index in [1.54, 1.807) is 6.08 Å². The molecular formula is C26H23NO6. The molecule has 0 heterocycles. The zero-order chi connectivity index (χ0) is 23.4. The number of carbonyl (C=O) groups is 2. The van der Waals surface area contributed by atoms with Crippen LogP contribution in [0.15, 0.2) is 66.7 Å². The molecule has 33 heavy (non-hydrogen) atoms. The van der Waals surface area contributed by atoms with Crippen molar-refractivity contribution < 1.29 is 29.6 Å². The van der Waals surface area contributed by atoms with E-state index in [9.17, 15) is 19.8 Å². The number of aromatic carboxylic acids is 1. The van der Waals surface area contributed by atoms with Gasteiger partial charge < -0.3 is 25.4 Å². The van der Waals surface area contributed by atoms with Gasteiger partial charge in [0.05, 0.1) is 0 Å². The van der Waals surface area contributed by atoms with E-state index in [2.05, 4.69) is 29.6 Å². The van der Waals surface area contributed by atoms with Crippen LogP contribution in [0.4, 0.5) is 4.79 Å². The van der Waals surface area contributed by atoms with Crippen LogP contribution < -0.4 is 5.32 Å². The molecule has 0 aromatic heterocycles. The Bertz CT molecular complexity index is 1190. The summed E-state index contributed by atoms with van der Waals surface area (Å²) in [6.07, 6.45) is 3.13. The van der Waals surface area contributed by atoms with Gasteiger partial charge in [0.1, 0.15) is 23.7 Å². The molecule has 0 radical (unpaired) electrons. The Labute approximate surface area is 190 Å². The van der Waals surface area contributed by atoms with Crippen molar-refractivity contribution in [2.45, 2.75) is 12.3 Å². The fourth-order valence-electron chi connectivity index (χ4n) is 4.02. The van der Waals surface area contributed by atoms with E-state index in [0.29, 0.717) is 13.0 Å². The summed E-state index contributed by atoms with van der Waals surface area (Å²) in [6.45, 7) is 0.535. The number of aromatic hydroxyl groups is 2. The molecule has 7 nitrogen and oxygen atoms in total. The largest absolute Gasteiger partial charge is 0.507 e. The summed E-state index contributed by atoms with van der Waals surface area (Å²) in [6, 6.07) is 18.4. The van der Waals surface area contributed by atoms with Crippen molar-refractivity contribution in [3.8, 4) is 22.6 Å². The van der Waals surface area contributed by atoms with E-state index in [4.69, 9.17) is 9.84 Å². The number of fused-ring (bicyclic) bond motifs is 3. The molecule has 0 spiro atoms. The normalized spacial score (nSPS) is 12.4. The van der Waals surface area contributed by atoms with Gasteiger partial charge in [0.2, 0.25) is 0 Å². The van der Waals surface area contributed by atoms with Crippen molar-refractivity contribution in [2.24, 2.45) is 0 Å². The molecule has 1 amide bonds. The molecule has 7 heteroatoms. The van der Waals surface area contributed by atoms with Crippen molar-refractivity contribution in [3.63, 3.8) is 0 Å². The lowest BCUT2D eigenvalue weighted by atomic mass is 9.98. The quantitative estimate of drug-likeness (QED) is 0.391. The van der Waals surface area contributed by atoms with Crippen LogP contribution in [0.1, 0.15) is 39.4 Å². The number of phenols is 2. The number of carboxylic acid groups (broad SMARTS) is 1. The van der Waals surface area contributed by atoms with Gasteiger partial charge in [-0.3, -0.25) is 0 Å². The van der Waals surface area contributed by atoms with Crippen LogP contribution >= 0.6 is 0 Å². The van der Waals surface area contributed by atoms with Gasteiger partial charge in [-0.15, -0.1) is 0 Å². The molecule has 1 aliphatic rings. The second-order valence-corrected chi connectivity index (χ2v) is 7.68. The average Bonchev–Trinajstić information content (AvgIpc) is 3.12. The number of carbonyl (C=O) groups excluding carboxylic acids is 1. The third-order valence-electron chi connectivity index (χ3n) is 5.60. The first-order valence-corrected chi connectivity index (χ1v) is 10.5. The summed E-state index contributed by atoms with van der Waals surface area (Å²) in [5, 5.41) is 31.2. The molecule has 3 aromatic carbocycles. The van der Waals surface area contributed by atoms with Crippen molar-refractivity contribution in [3.05, 3.63) is 89.0 Å². The lowest BCUT2D eigenvalue weighted by molar-refractivity contribution is 0.0693. The van der Waals surface area contributed by atoms with Crippen LogP contribution in [-0.2, 0) is 4.74 Å². The second-order valence-electron chi connectivity index (χ2n) is 7.68. The molecule has 168 valence electrons.